The molecule has 0 spiro atoms. The van der Waals surface area contributed by atoms with Gasteiger partial charge < -0.3 is 18.8 Å². The number of rotatable bonds is 5. The molecule has 0 saturated heterocycles. The van der Waals surface area contributed by atoms with Gasteiger partial charge in [-0.15, -0.1) is 0 Å². The van der Waals surface area contributed by atoms with Crippen LogP contribution < -0.4 is 0 Å². The molecule has 0 aromatic carbocycles. The molecule has 5 nitrogen and oxygen atoms in total. The first-order valence-corrected chi connectivity index (χ1v) is 7.50. The second kappa shape index (κ2) is 6.03. The first-order valence-electron chi connectivity index (χ1n) is 7.50. The highest BCUT2D eigenvalue weighted by Gasteiger charge is 2.26. The predicted molar refractivity (Wildman–Crippen MR) is 78.6 cm³/mol. The van der Waals surface area contributed by atoms with Crippen molar-refractivity contribution >= 4 is 0 Å². The normalized spacial score (nSPS) is 22.3. The molecule has 0 bridgehead atoms. The minimum atomic E-state index is -0.149. The van der Waals surface area contributed by atoms with Crippen molar-refractivity contribution in [3.8, 4) is 11.7 Å². The van der Waals surface area contributed by atoms with Gasteiger partial charge in [0.05, 0.1) is 18.1 Å². The van der Waals surface area contributed by atoms with E-state index in [1.54, 1.807) is 6.26 Å². The summed E-state index contributed by atoms with van der Waals surface area (Å²) in [4.78, 5) is 6.73. The summed E-state index contributed by atoms with van der Waals surface area (Å²) in [6, 6.07) is 3.66. The summed E-state index contributed by atoms with van der Waals surface area (Å²) in [5.74, 6) is 2.38. The second-order valence-corrected chi connectivity index (χ2v) is 5.95. The molecule has 0 radical (unpaired) electrons. The van der Waals surface area contributed by atoms with E-state index in [1.807, 2.05) is 19.1 Å². The Morgan fingerprint density at radius 1 is 1.43 bits per heavy atom. The van der Waals surface area contributed by atoms with E-state index in [4.69, 9.17) is 8.83 Å². The molecular formula is C16H22N2O3. The molecule has 1 aliphatic rings. The number of hydrogen-bond acceptors (Lipinski definition) is 5. The highest BCUT2D eigenvalue weighted by molar-refractivity contribution is 5.44. The fourth-order valence-electron chi connectivity index (χ4n) is 3.03. The zero-order chi connectivity index (χ0) is 14.8. The highest BCUT2D eigenvalue weighted by atomic mass is 16.4. The first-order chi connectivity index (χ1) is 10.1. The van der Waals surface area contributed by atoms with Crippen LogP contribution in [0.15, 0.2) is 27.2 Å². The van der Waals surface area contributed by atoms with Gasteiger partial charge in [0.2, 0.25) is 0 Å². The number of aryl methyl sites for hydroxylation is 1. The molecule has 21 heavy (non-hydrogen) atoms. The van der Waals surface area contributed by atoms with E-state index in [2.05, 4.69) is 16.9 Å². The smallest absolute Gasteiger partial charge is 0.263 e. The molecule has 2 atom stereocenters. The van der Waals surface area contributed by atoms with Gasteiger partial charge in [0, 0.05) is 13.1 Å². The molecule has 1 aliphatic carbocycles. The van der Waals surface area contributed by atoms with Crippen molar-refractivity contribution in [2.75, 3.05) is 13.6 Å². The average Bonchev–Trinajstić information content (AvgIpc) is 3.14. The molecular weight excluding hydrogens is 268 g/mol. The standard InChI is InChI=1S/C16H22N2O3/c1-11-13(17-16(21-11)15-7-4-8-20-15)10-18(2)9-12-5-3-6-14(12)19/h4,7-8,12,14,19H,3,5-6,9-10H2,1-2H3. The Kier molecular flexibility index (Phi) is 4.12. The van der Waals surface area contributed by atoms with Crippen LogP contribution in [0.5, 0.6) is 0 Å². The van der Waals surface area contributed by atoms with E-state index in [9.17, 15) is 5.11 Å². The van der Waals surface area contributed by atoms with Crippen LogP contribution in [-0.2, 0) is 6.54 Å². The number of aliphatic hydroxyl groups excluding tert-OH is 1. The molecule has 2 unspecified atom stereocenters. The summed E-state index contributed by atoms with van der Waals surface area (Å²) in [5, 5.41) is 9.91. The number of furan rings is 1. The Bertz CT molecular complexity index is 576. The third-order valence-electron chi connectivity index (χ3n) is 4.21. The maximum Gasteiger partial charge on any atom is 0.263 e. The maximum atomic E-state index is 9.91. The minimum Gasteiger partial charge on any atom is -0.459 e. The molecule has 1 saturated carbocycles. The summed E-state index contributed by atoms with van der Waals surface area (Å²) in [6.07, 6.45) is 4.64. The number of aromatic nitrogens is 1. The molecule has 3 rings (SSSR count). The van der Waals surface area contributed by atoms with Crippen LogP contribution in [0.25, 0.3) is 11.7 Å². The lowest BCUT2D eigenvalue weighted by molar-refractivity contribution is 0.107. The van der Waals surface area contributed by atoms with Gasteiger partial charge >= 0.3 is 0 Å². The third kappa shape index (κ3) is 3.19. The van der Waals surface area contributed by atoms with E-state index >= 15 is 0 Å². The zero-order valence-corrected chi connectivity index (χ0v) is 12.6. The van der Waals surface area contributed by atoms with Crippen LogP contribution in [0.1, 0.15) is 30.7 Å². The largest absolute Gasteiger partial charge is 0.459 e. The van der Waals surface area contributed by atoms with Crippen LogP contribution in [-0.4, -0.2) is 34.7 Å². The quantitative estimate of drug-likeness (QED) is 0.917. The lowest BCUT2D eigenvalue weighted by Gasteiger charge is -2.22. The van der Waals surface area contributed by atoms with Gasteiger partial charge in [-0.05, 0) is 44.9 Å². The highest BCUT2D eigenvalue weighted by Crippen LogP contribution is 2.27. The molecule has 5 heteroatoms. The van der Waals surface area contributed by atoms with Gasteiger partial charge in [-0.25, -0.2) is 4.98 Å². The van der Waals surface area contributed by atoms with Crippen molar-refractivity contribution < 1.29 is 13.9 Å². The van der Waals surface area contributed by atoms with Gasteiger partial charge in [-0.3, -0.25) is 0 Å². The van der Waals surface area contributed by atoms with Gasteiger partial charge in [0.15, 0.2) is 5.76 Å². The fourth-order valence-corrected chi connectivity index (χ4v) is 3.03. The SMILES string of the molecule is Cc1oc(-c2ccco2)nc1CN(C)CC1CCCC1O. The molecule has 114 valence electrons. The summed E-state index contributed by atoms with van der Waals surface area (Å²) in [6.45, 7) is 3.54. The van der Waals surface area contributed by atoms with Gasteiger partial charge in [-0.1, -0.05) is 6.42 Å². The monoisotopic (exact) mass is 290 g/mol. The number of hydrogen-bond donors (Lipinski definition) is 1. The lowest BCUT2D eigenvalue weighted by Crippen LogP contribution is -2.29. The predicted octanol–water partition coefficient (Wildman–Crippen LogP) is 2.84. The van der Waals surface area contributed by atoms with Gasteiger partial charge in [0.1, 0.15) is 5.76 Å². The van der Waals surface area contributed by atoms with E-state index in [0.717, 1.165) is 43.8 Å². The van der Waals surface area contributed by atoms with Crippen molar-refractivity contribution in [1.82, 2.24) is 9.88 Å². The van der Waals surface area contributed by atoms with Crippen LogP contribution in [0.4, 0.5) is 0 Å². The lowest BCUT2D eigenvalue weighted by atomic mass is 10.1. The summed E-state index contributed by atoms with van der Waals surface area (Å²) in [5.41, 5.74) is 0.927. The Balaban J connectivity index is 1.64. The molecule has 0 aliphatic heterocycles. The molecule has 1 N–H and O–H groups in total. The van der Waals surface area contributed by atoms with Crippen molar-refractivity contribution in [3.63, 3.8) is 0 Å². The van der Waals surface area contributed by atoms with Crippen LogP contribution in [0.3, 0.4) is 0 Å². The second-order valence-electron chi connectivity index (χ2n) is 5.95. The van der Waals surface area contributed by atoms with Crippen LogP contribution in [0.2, 0.25) is 0 Å². The molecule has 1 fully saturated rings. The molecule has 2 aromatic heterocycles. The fraction of sp³-hybridized carbons (Fsp3) is 0.562. The average molecular weight is 290 g/mol. The zero-order valence-electron chi connectivity index (χ0n) is 12.6. The number of nitrogens with zero attached hydrogens (tertiary/aromatic N) is 2. The maximum absolute atomic E-state index is 9.91. The van der Waals surface area contributed by atoms with E-state index in [1.165, 1.54) is 0 Å². The Morgan fingerprint density at radius 3 is 2.95 bits per heavy atom. The summed E-state index contributed by atoms with van der Waals surface area (Å²) < 4.78 is 11.0. The molecule has 0 amide bonds. The van der Waals surface area contributed by atoms with E-state index in [0.29, 0.717) is 17.6 Å². The summed E-state index contributed by atoms with van der Waals surface area (Å²) >= 11 is 0. The van der Waals surface area contributed by atoms with Crippen molar-refractivity contribution in [2.24, 2.45) is 5.92 Å². The summed E-state index contributed by atoms with van der Waals surface area (Å²) in [7, 11) is 2.06. The van der Waals surface area contributed by atoms with Gasteiger partial charge in [0.25, 0.3) is 5.89 Å². The minimum absolute atomic E-state index is 0.149. The number of oxazole rings is 1. The van der Waals surface area contributed by atoms with Crippen molar-refractivity contribution in [1.29, 1.82) is 0 Å². The molecule has 2 heterocycles. The Hall–Kier alpha value is -1.59. The van der Waals surface area contributed by atoms with Crippen molar-refractivity contribution in [2.45, 2.75) is 38.8 Å². The third-order valence-corrected chi connectivity index (χ3v) is 4.21. The van der Waals surface area contributed by atoms with Crippen molar-refractivity contribution in [3.05, 3.63) is 29.9 Å². The molecule has 2 aromatic rings. The topological polar surface area (TPSA) is 62.6 Å². The Morgan fingerprint density at radius 2 is 2.29 bits per heavy atom. The van der Waals surface area contributed by atoms with Crippen LogP contribution >= 0.6 is 0 Å². The van der Waals surface area contributed by atoms with E-state index < -0.39 is 0 Å². The van der Waals surface area contributed by atoms with Gasteiger partial charge in [-0.2, -0.15) is 0 Å². The van der Waals surface area contributed by atoms with E-state index in [-0.39, 0.29) is 6.10 Å². The number of aliphatic hydroxyl groups is 1. The van der Waals surface area contributed by atoms with Crippen LogP contribution in [0, 0.1) is 12.8 Å². The first kappa shape index (κ1) is 14.4. The Labute approximate surface area is 124 Å².